The summed E-state index contributed by atoms with van der Waals surface area (Å²) in [6.45, 7) is 5.19. The molecule has 1 aliphatic heterocycles. The molecule has 0 aromatic heterocycles. The van der Waals surface area contributed by atoms with Crippen LogP contribution in [0.25, 0.3) is 0 Å². The van der Waals surface area contributed by atoms with Crippen LogP contribution in [0, 0.1) is 11.8 Å². The van der Waals surface area contributed by atoms with Gasteiger partial charge in [-0.25, -0.2) is 0 Å². The summed E-state index contributed by atoms with van der Waals surface area (Å²) in [5.74, 6) is -0.169. The van der Waals surface area contributed by atoms with Gasteiger partial charge in [0.05, 0.1) is 5.92 Å². The van der Waals surface area contributed by atoms with E-state index in [9.17, 15) is 4.79 Å². The second kappa shape index (κ2) is 4.61. The Hall–Kier alpha value is -0.570. The third kappa shape index (κ3) is 2.69. The Labute approximate surface area is 79.5 Å². The van der Waals surface area contributed by atoms with Crippen molar-refractivity contribution in [2.75, 3.05) is 6.54 Å². The van der Waals surface area contributed by atoms with E-state index in [0.29, 0.717) is 12.0 Å². The minimum Gasteiger partial charge on any atom is -0.481 e. The van der Waals surface area contributed by atoms with Crippen LogP contribution in [-0.2, 0) is 4.79 Å². The molecule has 13 heavy (non-hydrogen) atoms. The maximum atomic E-state index is 10.8. The molecule has 0 radical (unpaired) electrons. The number of aliphatic carboxylic acids is 1. The van der Waals surface area contributed by atoms with Gasteiger partial charge in [-0.15, -0.1) is 0 Å². The lowest BCUT2D eigenvalue weighted by Gasteiger charge is -2.31. The zero-order valence-electron chi connectivity index (χ0n) is 8.42. The number of rotatable bonds is 3. The van der Waals surface area contributed by atoms with Crippen molar-refractivity contribution in [3.05, 3.63) is 0 Å². The third-order valence-electron chi connectivity index (χ3n) is 3.12. The van der Waals surface area contributed by atoms with Gasteiger partial charge < -0.3 is 10.4 Å². The van der Waals surface area contributed by atoms with Crippen molar-refractivity contribution in [2.24, 2.45) is 11.8 Å². The zero-order chi connectivity index (χ0) is 9.84. The van der Waals surface area contributed by atoms with E-state index < -0.39 is 5.97 Å². The van der Waals surface area contributed by atoms with Crippen LogP contribution >= 0.6 is 0 Å². The van der Waals surface area contributed by atoms with Gasteiger partial charge in [0.1, 0.15) is 0 Å². The molecule has 0 amide bonds. The van der Waals surface area contributed by atoms with Crippen LogP contribution in [0.3, 0.4) is 0 Å². The molecule has 0 aromatic rings. The minimum absolute atomic E-state index is 0.125. The Balaban J connectivity index is 2.46. The number of piperidine rings is 1. The summed E-state index contributed by atoms with van der Waals surface area (Å²) < 4.78 is 0. The molecule has 3 atom stereocenters. The summed E-state index contributed by atoms with van der Waals surface area (Å²) in [6, 6.07) is 0.403. The van der Waals surface area contributed by atoms with Crippen molar-refractivity contribution >= 4 is 5.97 Å². The molecule has 0 bridgehead atoms. The minimum atomic E-state index is -0.630. The summed E-state index contributed by atoms with van der Waals surface area (Å²) >= 11 is 0. The van der Waals surface area contributed by atoms with Crippen LogP contribution in [0.15, 0.2) is 0 Å². The van der Waals surface area contributed by atoms with Crippen molar-refractivity contribution in [1.29, 1.82) is 0 Å². The van der Waals surface area contributed by atoms with E-state index >= 15 is 0 Å². The topological polar surface area (TPSA) is 49.3 Å². The molecule has 2 N–H and O–H groups in total. The van der Waals surface area contributed by atoms with Gasteiger partial charge in [-0.2, -0.15) is 0 Å². The lowest BCUT2D eigenvalue weighted by atomic mass is 9.85. The summed E-state index contributed by atoms with van der Waals surface area (Å²) in [7, 11) is 0. The van der Waals surface area contributed by atoms with Crippen LogP contribution < -0.4 is 5.32 Å². The largest absolute Gasteiger partial charge is 0.481 e. The van der Waals surface area contributed by atoms with Crippen molar-refractivity contribution in [1.82, 2.24) is 5.32 Å². The Kier molecular flexibility index (Phi) is 3.72. The summed E-state index contributed by atoms with van der Waals surface area (Å²) in [6.07, 6.45) is 2.69. The maximum Gasteiger partial charge on any atom is 0.306 e. The molecule has 1 fully saturated rings. The molecule has 0 aliphatic carbocycles. The van der Waals surface area contributed by atoms with Crippen molar-refractivity contribution in [2.45, 2.75) is 39.2 Å². The first-order valence-corrected chi connectivity index (χ1v) is 5.11. The predicted octanol–water partition coefficient (Wildman–Crippen LogP) is 1.49. The standard InChI is InChI=1S/C10H19NO2/c1-3-7(2)9-6-8(10(12)13)4-5-11-9/h7-9,11H,3-6H2,1-2H3,(H,12,13). The van der Waals surface area contributed by atoms with Gasteiger partial charge in [0, 0.05) is 6.04 Å². The fraction of sp³-hybridized carbons (Fsp3) is 0.900. The Morgan fingerprint density at radius 1 is 1.69 bits per heavy atom. The molecule has 0 aromatic carbocycles. The van der Waals surface area contributed by atoms with E-state index in [2.05, 4.69) is 19.2 Å². The van der Waals surface area contributed by atoms with Crippen molar-refractivity contribution in [3.8, 4) is 0 Å². The highest BCUT2D eigenvalue weighted by atomic mass is 16.4. The SMILES string of the molecule is CCC(C)C1CC(C(=O)O)CCN1. The fourth-order valence-electron chi connectivity index (χ4n) is 1.89. The van der Waals surface area contributed by atoms with Crippen LogP contribution in [0.1, 0.15) is 33.1 Å². The van der Waals surface area contributed by atoms with Crippen LogP contribution in [0.4, 0.5) is 0 Å². The normalized spacial score (nSPS) is 31.2. The van der Waals surface area contributed by atoms with Gasteiger partial charge in [0.15, 0.2) is 0 Å². The summed E-state index contributed by atoms with van der Waals surface area (Å²) in [5, 5.41) is 12.3. The van der Waals surface area contributed by atoms with E-state index in [0.717, 1.165) is 25.8 Å². The van der Waals surface area contributed by atoms with Crippen LogP contribution in [0.2, 0.25) is 0 Å². The smallest absolute Gasteiger partial charge is 0.306 e. The highest BCUT2D eigenvalue weighted by Crippen LogP contribution is 2.22. The molecular formula is C10H19NO2. The van der Waals surface area contributed by atoms with E-state index in [-0.39, 0.29) is 5.92 Å². The maximum absolute atomic E-state index is 10.8. The lowest BCUT2D eigenvalue weighted by molar-refractivity contribution is -0.143. The predicted molar refractivity (Wildman–Crippen MR) is 51.6 cm³/mol. The van der Waals surface area contributed by atoms with Gasteiger partial charge in [0.25, 0.3) is 0 Å². The van der Waals surface area contributed by atoms with Crippen LogP contribution in [0.5, 0.6) is 0 Å². The molecule has 1 saturated heterocycles. The molecule has 1 aliphatic rings. The number of hydrogen-bond donors (Lipinski definition) is 2. The first kappa shape index (κ1) is 10.5. The highest BCUT2D eigenvalue weighted by molar-refractivity contribution is 5.70. The Morgan fingerprint density at radius 2 is 2.38 bits per heavy atom. The molecule has 1 heterocycles. The summed E-state index contributed by atoms with van der Waals surface area (Å²) in [5.41, 5.74) is 0. The zero-order valence-corrected chi connectivity index (χ0v) is 8.42. The van der Waals surface area contributed by atoms with Crippen molar-refractivity contribution < 1.29 is 9.90 Å². The van der Waals surface area contributed by atoms with Crippen molar-refractivity contribution in [3.63, 3.8) is 0 Å². The first-order chi connectivity index (χ1) is 6.15. The second-order valence-electron chi connectivity index (χ2n) is 4.01. The number of nitrogens with one attached hydrogen (secondary N) is 1. The molecule has 3 heteroatoms. The lowest BCUT2D eigenvalue weighted by Crippen LogP contribution is -2.43. The van der Waals surface area contributed by atoms with Gasteiger partial charge in [-0.1, -0.05) is 20.3 Å². The van der Waals surface area contributed by atoms with E-state index in [4.69, 9.17) is 5.11 Å². The molecular weight excluding hydrogens is 166 g/mol. The van der Waals surface area contributed by atoms with E-state index in [1.54, 1.807) is 0 Å². The highest BCUT2D eigenvalue weighted by Gasteiger charge is 2.28. The quantitative estimate of drug-likeness (QED) is 0.700. The monoisotopic (exact) mass is 185 g/mol. The number of hydrogen-bond acceptors (Lipinski definition) is 2. The molecule has 0 saturated carbocycles. The fourth-order valence-corrected chi connectivity index (χ4v) is 1.89. The van der Waals surface area contributed by atoms with Gasteiger partial charge in [0.2, 0.25) is 0 Å². The molecule has 3 nitrogen and oxygen atoms in total. The number of carboxylic acids is 1. The van der Waals surface area contributed by atoms with E-state index in [1.807, 2.05) is 0 Å². The third-order valence-corrected chi connectivity index (χ3v) is 3.12. The number of carbonyl (C=O) groups is 1. The van der Waals surface area contributed by atoms with Gasteiger partial charge >= 0.3 is 5.97 Å². The average molecular weight is 185 g/mol. The van der Waals surface area contributed by atoms with E-state index in [1.165, 1.54) is 0 Å². The van der Waals surface area contributed by atoms with Crippen LogP contribution in [-0.4, -0.2) is 23.7 Å². The van der Waals surface area contributed by atoms with Gasteiger partial charge in [-0.3, -0.25) is 4.79 Å². The molecule has 0 spiro atoms. The second-order valence-corrected chi connectivity index (χ2v) is 4.01. The van der Waals surface area contributed by atoms with Gasteiger partial charge in [-0.05, 0) is 25.3 Å². The Morgan fingerprint density at radius 3 is 2.92 bits per heavy atom. The molecule has 3 unspecified atom stereocenters. The number of carboxylic acid groups (broad SMARTS) is 1. The molecule has 1 rings (SSSR count). The first-order valence-electron chi connectivity index (χ1n) is 5.11. The Bertz CT molecular complexity index is 182. The molecule has 76 valence electrons. The summed E-state index contributed by atoms with van der Waals surface area (Å²) in [4.78, 5) is 10.8. The average Bonchev–Trinajstić information content (AvgIpc) is 2.17.